The van der Waals surface area contributed by atoms with Gasteiger partial charge in [0.1, 0.15) is 5.60 Å². The number of nitrogen functional groups attached to an aromatic ring is 1. The van der Waals surface area contributed by atoms with Crippen molar-refractivity contribution in [2.75, 3.05) is 5.73 Å². The second kappa shape index (κ2) is 4.96. The van der Waals surface area contributed by atoms with Gasteiger partial charge in [-0.1, -0.05) is 0 Å². The van der Waals surface area contributed by atoms with Gasteiger partial charge < -0.3 is 10.5 Å². The lowest BCUT2D eigenvalue weighted by Crippen LogP contribution is -2.24. The highest BCUT2D eigenvalue weighted by Crippen LogP contribution is 2.10. The highest BCUT2D eigenvalue weighted by Gasteiger charge is 2.15. The van der Waals surface area contributed by atoms with E-state index in [1.165, 1.54) is 0 Å². The zero-order chi connectivity index (χ0) is 12.2. The molecule has 1 heterocycles. The van der Waals surface area contributed by atoms with Crippen molar-refractivity contribution in [2.45, 2.75) is 39.2 Å². The molecule has 0 saturated heterocycles. The van der Waals surface area contributed by atoms with E-state index < -0.39 is 5.60 Å². The van der Waals surface area contributed by atoms with Crippen molar-refractivity contribution in [1.29, 1.82) is 0 Å². The number of esters is 1. The normalized spacial score (nSPS) is 11.2. The standard InChI is InChI=1S/C12H18N2O2/c1-12(2,3)16-11(15)7-6-10-5-4-9(13)8-14-10/h4-5,8H,6-7,13H2,1-3H3. The Morgan fingerprint density at radius 2 is 2.12 bits per heavy atom. The zero-order valence-electron chi connectivity index (χ0n) is 9.99. The van der Waals surface area contributed by atoms with Gasteiger partial charge >= 0.3 is 5.97 Å². The first-order valence-corrected chi connectivity index (χ1v) is 5.29. The number of ether oxygens (including phenoxy) is 1. The Labute approximate surface area is 95.8 Å². The summed E-state index contributed by atoms with van der Waals surface area (Å²) in [6, 6.07) is 3.59. The molecular formula is C12H18N2O2. The minimum atomic E-state index is -0.425. The lowest BCUT2D eigenvalue weighted by Gasteiger charge is -2.19. The highest BCUT2D eigenvalue weighted by atomic mass is 16.6. The fraction of sp³-hybridized carbons (Fsp3) is 0.500. The van der Waals surface area contributed by atoms with E-state index in [0.717, 1.165) is 5.69 Å². The van der Waals surface area contributed by atoms with Crippen LogP contribution in [0, 0.1) is 0 Å². The number of carbonyl (C=O) groups excluding carboxylic acids is 1. The Bertz CT molecular complexity index is 352. The van der Waals surface area contributed by atoms with Crippen LogP contribution in [0.25, 0.3) is 0 Å². The second-order valence-corrected chi connectivity index (χ2v) is 4.67. The summed E-state index contributed by atoms with van der Waals surface area (Å²) in [4.78, 5) is 15.5. The molecule has 0 fully saturated rings. The summed E-state index contributed by atoms with van der Waals surface area (Å²) in [6.07, 6.45) is 2.51. The van der Waals surface area contributed by atoms with Crippen LogP contribution in [0.15, 0.2) is 18.3 Å². The lowest BCUT2D eigenvalue weighted by atomic mass is 10.2. The molecule has 0 spiro atoms. The van der Waals surface area contributed by atoms with Gasteiger partial charge in [0, 0.05) is 12.1 Å². The molecule has 0 radical (unpaired) electrons. The average molecular weight is 222 g/mol. The van der Waals surface area contributed by atoms with E-state index in [4.69, 9.17) is 10.5 Å². The number of aryl methyl sites for hydroxylation is 1. The Morgan fingerprint density at radius 3 is 2.62 bits per heavy atom. The van der Waals surface area contributed by atoms with E-state index in [1.54, 1.807) is 12.3 Å². The van der Waals surface area contributed by atoms with Gasteiger partial charge in [0.15, 0.2) is 0 Å². The molecule has 4 nitrogen and oxygen atoms in total. The molecule has 1 aromatic rings. The van der Waals surface area contributed by atoms with Crippen LogP contribution in [-0.2, 0) is 16.0 Å². The van der Waals surface area contributed by atoms with E-state index in [9.17, 15) is 4.79 Å². The molecule has 1 aromatic heterocycles. The van der Waals surface area contributed by atoms with Crippen molar-refractivity contribution >= 4 is 11.7 Å². The van der Waals surface area contributed by atoms with Gasteiger partial charge in [-0.05, 0) is 32.9 Å². The SMILES string of the molecule is CC(C)(C)OC(=O)CCc1ccc(N)cn1. The molecule has 0 aromatic carbocycles. The molecule has 0 saturated carbocycles. The zero-order valence-corrected chi connectivity index (χ0v) is 9.99. The predicted molar refractivity (Wildman–Crippen MR) is 62.8 cm³/mol. The number of nitrogens with two attached hydrogens (primary N) is 1. The lowest BCUT2D eigenvalue weighted by molar-refractivity contribution is -0.154. The second-order valence-electron chi connectivity index (χ2n) is 4.67. The van der Waals surface area contributed by atoms with Crippen LogP contribution in [0.1, 0.15) is 32.9 Å². The Hall–Kier alpha value is -1.58. The summed E-state index contributed by atoms with van der Waals surface area (Å²) in [7, 11) is 0. The molecule has 0 amide bonds. The first-order chi connectivity index (χ1) is 7.37. The van der Waals surface area contributed by atoms with Crippen LogP contribution < -0.4 is 5.73 Å². The number of hydrogen-bond donors (Lipinski definition) is 1. The first-order valence-electron chi connectivity index (χ1n) is 5.29. The van der Waals surface area contributed by atoms with Crippen molar-refractivity contribution in [1.82, 2.24) is 4.98 Å². The third kappa shape index (κ3) is 4.77. The summed E-state index contributed by atoms with van der Waals surface area (Å²) >= 11 is 0. The summed E-state index contributed by atoms with van der Waals surface area (Å²) in [5.74, 6) is -0.203. The third-order valence-electron chi connectivity index (χ3n) is 1.85. The molecule has 0 bridgehead atoms. The Balaban J connectivity index is 2.40. The maximum Gasteiger partial charge on any atom is 0.306 e. The van der Waals surface area contributed by atoms with Crippen molar-refractivity contribution < 1.29 is 9.53 Å². The van der Waals surface area contributed by atoms with Crippen LogP contribution in [0.2, 0.25) is 0 Å². The van der Waals surface area contributed by atoms with Gasteiger partial charge in [-0.2, -0.15) is 0 Å². The number of aromatic nitrogens is 1. The van der Waals surface area contributed by atoms with Crippen LogP contribution in [-0.4, -0.2) is 16.6 Å². The van der Waals surface area contributed by atoms with Gasteiger partial charge in [0.05, 0.1) is 18.3 Å². The van der Waals surface area contributed by atoms with E-state index >= 15 is 0 Å². The van der Waals surface area contributed by atoms with Crippen molar-refractivity contribution in [3.8, 4) is 0 Å². The number of carbonyl (C=O) groups is 1. The maximum absolute atomic E-state index is 11.4. The van der Waals surface area contributed by atoms with Crippen LogP contribution in [0.3, 0.4) is 0 Å². The van der Waals surface area contributed by atoms with Gasteiger partial charge in [-0.3, -0.25) is 9.78 Å². The van der Waals surface area contributed by atoms with E-state index in [1.807, 2.05) is 26.8 Å². The van der Waals surface area contributed by atoms with E-state index in [-0.39, 0.29) is 5.97 Å². The average Bonchev–Trinajstić information content (AvgIpc) is 2.14. The summed E-state index contributed by atoms with van der Waals surface area (Å²) in [6.45, 7) is 5.56. The van der Waals surface area contributed by atoms with Gasteiger partial charge in [0.2, 0.25) is 0 Å². The predicted octanol–water partition coefficient (Wildman–Crippen LogP) is 1.94. The van der Waals surface area contributed by atoms with Crippen LogP contribution in [0.5, 0.6) is 0 Å². The largest absolute Gasteiger partial charge is 0.460 e. The van der Waals surface area contributed by atoms with Gasteiger partial charge in [-0.15, -0.1) is 0 Å². The van der Waals surface area contributed by atoms with Crippen LogP contribution in [0.4, 0.5) is 5.69 Å². The number of anilines is 1. The number of hydrogen-bond acceptors (Lipinski definition) is 4. The third-order valence-corrected chi connectivity index (χ3v) is 1.85. The van der Waals surface area contributed by atoms with E-state index in [0.29, 0.717) is 18.5 Å². The van der Waals surface area contributed by atoms with Gasteiger partial charge in [0.25, 0.3) is 0 Å². The fourth-order valence-corrected chi connectivity index (χ4v) is 1.21. The quantitative estimate of drug-likeness (QED) is 0.794. The van der Waals surface area contributed by atoms with Crippen molar-refractivity contribution in [3.63, 3.8) is 0 Å². The molecule has 0 aliphatic carbocycles. The molecule has 2 N–H and O–H groups in total. The smallest absolute Gasteiger partial charge is 0.306 e. The van der Waals surface area contributed by atoms with Crippen molar-refractivity contribution in [3.05, 3.63) is 24.0 Å². The molecule has 16 heavy (non-hydrogen) atoms. The highest BCUT2D eigenvalue weighted by molar-refractivity contribution is 5.70. The molecule has 4 heteroatoms. The Kier molecular flexibility index (Phi) is 3.88. The molecule has 0 aliphatic heterocycles. The van der Waals surface area contributed by atoms with E-state index in [2.05, 4.69) is 4.98 Å². The molecular weight excluding hydrogens is 204 g/mol. The molecule has 1 rings (SSSR count). The molecule has 88 valence electrons. The van der Waals surface area contributed by atoms with Crippen molar-refractivity contribution in [2.24, 2.45) is 0 Å². The molecule has 0 atom stereocenters. The number of pyridine rings is 1. The minimum Gasteiger partial charge on any atom is -0.460 e. The number of nitrogens with zero attached hydrogens (tertiary/aromatic N) is 1. The first kappa shape index (κ1) is 12.5. The monoisotopic (exact) mass is 222 g/mol. The summed E-state index contributed by atoms with van der Waals surface area (Å²) in [5, 5.41) is 0. The Morgan fingerprint density at radius 1 is 1.44 bits per heavy atom. The summed E-state index contributed by atoms with van der Waals surface area (Å²) < 4.78 is 5.19. The van der Waals surface area contributed by atoms with Crippen LogP contribution >= 0.6 is 0 Å². The maximum atomic E-state index is 11.4. The minimum absolute atomic E-state index is 0.203. The fourth-order valence-electron chi connectivity index (χ4n) is 1.21. The van der Waals surface area contributed by atoms with Gasteiger partial charge in [-0.25, -0.2) is 0 Å². The summed E-state index contributed by atoms with van der Waals surface area (Å²) in [5.41, 5.74) is 6.56. The number of rotatable bonds is 3. The topological polar surface area (TPSA) is 65.2 Å². The molecule has 0 aliphatic rings. The molecule has 0 unspecified atom stereocenters.